The van der Waals surface area contributed by atoms with Gasteiger partial charge in [0.1, 0.15) is 17.4 Å². The number of halogens is 2. The molecule has 1 heterocycles. The van der Waals surface area contributed by atoms with E-state index in [0.717, 1.165) is 22.6 Å². The highest BCUT2D eigenvalue weighted by atomic mass is 19.1. The lowest BCUT2D eigenvalue weighted by atomic mass is 9.98. The van der Waals surface area contributed by atoms with Gasteiger partial charge in [-0.1, -0.05) is 36.4 Å². The number of nitrogens with zero attached hydrogens (tertiary/aromatic N) is 2. The smallest absolute Gasteiger partial charge is 0.148 e. The van der Waals surface area contributed by atoms with Gasteiger partial charge in [0.25, 0.3) is 0 Å². The highest BCUT2D eigenvalue weighted by Crippen LogP contribution is 2.38. The van der Waals surface area contributed by atoms with E-state index in [9.17, 15) is 8.78 Å². The van der Waals surface area contributed by atoms with Crippen LogP contribution in [0.25, 0.3) is 0 Å². The molecule has 1 unspecified atom stereocenters. The van der Waals surface area contributed by atoms with Crippen LogP contribution >= 0.6 is 0 Å². The van der Waals surface area contributed by atoms with Gasteiger partial charge in [0, 0.05) is 6.42 Å². The maximum absolute atomic E-state index is 14.5. The number of hydrogen-bond donors (Lipinski definition) is 0. The van der Waals surface area contributed by atoms with Crippen LogP contribution in [0.1, 0.15) is 23.6 Å². The number of anilines is 1. The van der Waals surface area contributed by atoms with Crippen LogP contribution in [-0.2, 0) is 0 Å². The first-order valence-electron chi connectivity index (χ1n) is 8.67. The molecule has 1 aliphatic heterocycles. The summed E-state index contributed by atoms with van der Waals surface area (Å²) in [6.07, 6.45) is 0.590. The van der Waals surface area contributed by atoms with E-state index in [1.165, 1.54) is 18.2 Å². The molecule has 136 valence electrons. The van der Waals surface area contributed by atoms with E-state index in [1.807, 2.05) is 24.3 Å². The molecule has 27 heavy (non-hydrogen) atoms. The van der Waals surface area contributed by atoms with E-state index in [4.69, 9.17) is 4.74 Å². The molecule has 0 spiro atoms. The van der Waals surface area contributed by atoms with Crippen molar-refractivity contribution in [1.82, 2.24) is 0 Å². The molecule has 0 aliphatic carbocycles. The first-order chi connectivity index (χ1) is 13.2. The SMILES string of the molecule is COc1ccc(C2CC(c3ccc(F)cc3)=NN2c2ccccc2F)cc1. The average molecular weight is 364 g/mol. The normalized spacial score (nSPS) is 16.3. The Morgan fingerprint density at radius 3 is 2.30 bits per heavy atom. The van der Waals surface area contributed by atoms with E-state index >= 15 is 0 Å². The predicted molar refractivity (Wildman–Crippen MR) is 102 cm³/mol. The Hall–Kier alpha value is -3.21. The molecule has 3 aromatic carbocycles. The Kier molecular flexibility index (Phi) is 4.59. The molecular formula is C22H18F2N2O. The summed E-state index contributed by atoms with van der Waals surface area (Å²) in [4.78, 5) is 0. The Morgan fingerprint density at radius 1 is 0.926 bits per heavy atom. The van der Waals surface area contributed by atoms with Gasteiger partial charge in [-0.15, -0.1) is 0 Å². The first kappa shape index (κ1) is 17.2. The monoisotopic (exact) mass is 364 g/mol. The number of benzene rings is 3. The number of hydrogen-bond acceptors (Lipinski definition) is 3. The highest BCUT2D eigenvalue weighted by Gasteiger charge is 2.31. The van der Waals surface area contributed by atoms with Crippen LogP contribution in [0.3, 0.4) is 0 Å². The molecule has 0 fully saturated rings. The van der Waals surface area contributed by atoms with Crippen molar-refractivity contribution in [1.29, 1.82) is 0 Å². The van der Waals surface area contributed by atoms with Crippen LogP contribution in [0.4, 0.5) is 14.5 Å². The fourth-order valence-electron chi connectivity index (χ4n) is 3.27. The van der Waals surface area contributed by atoms with Crippen molar-refractivity contribution in [2.24, 2.45) is 5.10 Å². The molecule has 4 rings (SSSR count). The van der Waals surface area contributed by atoms with Gasteiger partial charge in [-0.05, 0) is 47.5 Å². The quantitative estimate of drug-likeness (QED) is 0.625. The van der Waals surface area contributed by atoms with Crippen molar-refractivity contribution in [3.8, 4) is 5.75 Å². The average Bonchev–Trinajstić information content (AvgIpc) is 3.14. The Morgan fingerprint density at radius 2 is 1.63 bits per heavy atom. The summed E-state index contributed by atoms with van der Waals surface area (Å²) in [5, 5.41) is 6.38. The molecule has 5 heteroatoms. The van der Waals surface area contributed by atoms with Crippen LogP contribution < -0.4 is 9.75 Å². The van der Waals surface area contributed by atoms with Crippen LogP contribution in [0.5, 0.6) is 5.75 Å². The summed E-state index contributed by atoms with van der Waals surface area (Å²) in [6.45, 7) is 0. The third-order valence-electron chi connectivity index (χ3n) is 4.69. The summed E-state index contributed by atoms with van der Waals surface area (Å²) in [6, 6.07) is 20.3. The third-order valence-corrected chi connectivity index (χ3v) is 4.69. The minimum atomic E-state index is -0.333. The van der Waals surface area contributed by atoms with Gasteiger partial charge in [0.05, 0.1) is 24.6 Å². The molecule has 0 bridgehead atoms. The molecule has 3 nitrogen and oxygen atoms in total. The van der Waals surface area contributed by atoms with Crippen molar-refractivity contribution in [2.45, 2.75) is 12.5 Å². The fourth-order valence-corrected chi connectivity index (χ4v) is 3.27. The molecule has 0 aromatic heterocycles. The zero-order chi connectivity index (χ0) is 18.8. The summed E-state index contributed by atoms with van der Waals surface area (Å²) in [7, 11) is 1.62. The first-order valence-corrected chi connectivity index (χ1v) is 8.67. The van der Waals surface area contributed by atoms with E-state index in [0.29, 0.717) is 12.1 Å². The number of ether oxygens (including phenoxy) is 1. The molecule has 0 radical (unpaired) electrons. The number of para-hydroxylation sites is 1. The summed E-state index contributed by atoms with van der Waals surface area (Å²) in [5.41, 5.74) is 3.03. The van der Waals surface area contributed by atoms with Gasteiger partial charge >= 0.3 is 0 Å². The Bertz CT molecular complexity index is 968. The molecule has 3 aromatic rings. The van der Waals surface area contributed by atoms with Crippen molar-refractivity contribution in [3.05, 3.63) is 95.6 Å². The standard InChI is InChI=1S/C22H18F2N2O/c1-27-18-12-8-16(9-13-18)22-14-20(15-6-10-17(23)11-7-15)25-26(22)21-5-3-2-4-19(21)24/h2-13,22H,14H2,1H3. The number of rotatable bonds is 4. The summed E-state index contributed by atoms with van der Waals surface area (Å²) < 4.78 is 32.9. The summed E-state index contributed by atoms with van der Waals surface area (Å²) in [5.74, 6) is 0.129. The van der Waals surface area contributed by atoms with E-state index < -0.39 is 0 Å². The van der Waals surface area contributed by atoms with Gasteiger partial charge in [0.2, 0.25) is 0 Å². The predicted octanol–water partition coefficient (Wildman–Crippen LogP) is 5.33. The molecule has 1 atom stereocenters. The van der Waals surface area contributed by atoms with E-state index in [2.05, 4.69) is 5.10 Å². The topological polar surface area (TPSA) is 24.8 Å². The number of hydrazone groups is 1. The zero-order valence-electron chi connectivity index (χ0n) is 14.8. The largest absolute Gasteiger partial charge is 0.497 e. The number of methoxy groups -OCH3 is 1. The molecular weight excluding hydrogens is 346 g/mol. The molecule has 1 aliphatic rings. The van der Waals surface area contributed by atoms with E-state index in [1.54, 1.807) is 42.5 Å². The van der Waals surface area contributed by atoms with Crippen molar-refractivity contribution < 1.29 is 13.5 Å². The second-order valence-electron chi connectivity index (χ2n) is 6.34. The lowest BCUT2D eigenvalue weighted by Gasteiger charge is -2.24. The van der Waals surface area contributed by atoms with Crippen molar-refractivity contribution >= 4 is 11.4 Å². The molecule has 0 amide bonds. The van der Waals surface area contributed by atoms with Crippen molar-refractivity contribution in [3.63, 3.8) is 0 Å². The van der Waals surface area contributed by atoms with Gasteiger partial charge in [-0.25, -0.2) is 8.78 Å². The Balaban J connectivity index is 1.75. The maximum atomic E-state index is 14.5. The van der Waals surface area contributed by atoms with E-state index in [-0.39, 0.29) is 17.7 Å². The van der Waals surface area contributed by atoms with Crippen LogP contribution in [0, 0.1) is 11.6 Å². The maximum Gasteiger partial charge on any atom is 0.148 e. The molecule has 0 saturated heterocycles. The van der Waals surface area contributed by atoms with Gasteiger partial charge in [-0.3, -0.25) is 5.01 Å². The van der Waals surface area contributed by atoms with Crippen molar-refractivity contribution in [2.75, 3.05) is 12.1 Å². The highest BCUT2D eigenvalue weighted by molar-refractivity contribution is 6.03. The third kappa shape index (κ3) is 3.40. The second kappa shape index (κ2) is 7.19. The van der Waals surface area contributed by atoms with Gasteiger partial charge in [0.15, 0.2) is 0 Å². The Labute approximate surface area is 156 Å². The van der Waals surface area contributed by atoms with Crippen LogP contribution in [-0.4, -0.2) is 12.8 Å². The minimum Gasteiger partial charge on any atom is -0.497 e. The van der Waals surface area contributed by atoms with Crippen LogP contribution in [0.2, 0.25) is 0 Å². The zero-order valence-corrected chi connectivity index (χ0v) is 14.8. The molecule has 0 N–H and O–H groups in total. The lowest BCUT2D eigenvalue weighted by molar-refractivity contribution is 0.414. The van der Waals surface area contributed by atoms with Gasteiger partial charge in [-0.2, -0.15) is 5.10 Å². The summed E-state index contributed by atoms with van der Waals surface area (Å²) >= 11 is 0. The van der Waals surface area contributed by atoms with Gasteiger partial charge < -0.3 is 4.74 Å². The molecule has 0 saturated carbocycles. The van der Waals surface area contributed by atoms with Crippen LogP contribution in [0.15, 0.2) is 77.9 Å². The lowest BCUT2D eigenvalue weighted by Crippen LogP contribution is -2.19. The second-order valence-corrected chi connectivity index (χ2v) is 6.34. The minimum absolute atomic E-state index is 0.159. The fraction of sp³-hybridized carbons (Fsp3) is 0.136.